The summed E-state index contributed by atoms with van der Waals surface area (Å²) in [6.07, 6.45) is 5.17. The van der Waals surface area contributed by atoms with Gasteiger partial charge in [-0.2, -0.15) is 0 Å². The maximum absolute atomic E-state index is 15.1. The molecule has 3 unspecified atom stereocenters. The van der Waals surface area contributed by atoms with E-state index >= 15 is 4.79 Å². The highest BCUT2D eigenvalue weighted by atomic mass is 16.6. The zero-order chi connectivity index (χ0) is 31.8. The zero-order valence-corrected chi connectivity index (χ0v) is 26.2. The molecule has 3 aliphatic heterocycles. The van der Waals surface area contributed by atoms with E-state index < -0.39 is 47.7 Å². The molecule has 8 heteroatoms. The molecule has 1 N–H and O–H groups in total. The van der Waals surface area contributed by atoms with E-state index in [1.54, 1.807) is 17.1 Å². The average molecular weight is 601 g/mol. The van der Waals surface area contributed by atoms with Crippen LogP contribution >= 0.6 is 0 Å². The summed E-state index contributed by atoms with van der Waals surface area (Å²) < 4.78 is 12.6. The molecule has 3 saturated heterocycles. The van der Waals surface area contributed by atoms with Crippen molar-refractivity contribution in [3.63, 3.8) is 0 Å². The molecule has 0 radical (unpaired) electrons. The molecule has 2 bridgehead atoms. The van der Waals surface area contributed by atoms with E-state index in [1.165, 1.54) is 4.90 Å². The van der Waals surface area contributed by atoms with E-state index in [0.29, 0.717) is 24.8 Å². The second-order valence-electron chi connectivity index (χ2n) is 12.6. The number of unbranched alkanes of at least 4 members (excludes halogenated alkanes) is 1. The number of aliphatic hydroxyl groups excluding tert-OH is 1. The van der Waals surface area contributed by atoms with Crippen molar-refractivity contribution >= 4 is 23.5 Å². The van der Waals surface area contributed by atoms with Crippen molar-refractivity contribution in [1.82, 2.24) is 4.90 Å². The third-order valence-corrected chi connectivity index (χ3v) is 10.0. The highest BCUT2D eigenvalue weighted by molar-refractivity contribution is 6.05. The number of anilines is 1. The smallest absolute Gasteiger partial charge is 0.312 e. The Kier molecular flexibility index (Phi) is 8.87. The number of fused-ring (bicyclic) bond motifs is 1. The number of para-hydroxylation sites is 1. The van der Waals surface area contributed by atoms with Crippen LogP contribution in [-0.2, 0) is 23.9 Å². The van der Waals surface area contributed by atoms with E-state index in [-0.39, 0.29) is 30.9 Å². The summed E-state index contributed by atoms with van der Waals surface area (Å²) >= 11 is 0. The fourth-order valence-corrected chi connectivity index (χ4v) is 7.97. The van der Waals surface area contributed by atoms with Gasteiger partial charge in [0.25, 0.3) is 5.91 Å². The van der Waals surface area contributed by atoms with Crippen LogP contribution in [0.5, 0.6) is 0 Å². The number of allylic oxidation sites excluding steroid dienone is 1. The van der Waals surface area contributed by atoms with Gasteiger partial charge in [0.1, 0.15) is 17.6 Å². The molecular weight excluding hydrogens is 556 g/mol. The first kappa shape index (κ1) is 31.7. The van der Waals surface area contributed by atoms with Crippen LogP contribution in [0.3, 0.4) is 0 Å². The van der Waals surface area contributed by atoms with Crippen LogP contribution in [0, 0.1) is 31.6 Å². The Hall–Kier alpha value is -3.75. The summed E-state index contributed by atoms with van der Waals surface area (Å²) in [5.41, 5.74) is 0.969. The lowest BCUT2D eigenvalue weighted by Crippen LogP contribution is -2.57. The molecule has 8 nitrogen and oxygen atoms in total. The summed E-state index contributed by atoms with van der Waals surface area (Å²) in [6.45, 7) is 15.4. The van der Waals surface area contributed by atoms with E-state index in [1.807, 2.05) is 76.2 Å². The fourth-order valence-electron chi connectivity index (χ4n) is 7.97. The van der Waals surface area contributed by atoms with Gasteiger partial charge in [-0.25, -0.2) is 0 Å². The van der Waals surface area contributed by atoms with Gasteiger partial charge < -0.3 is 24.4 Å². The Morgan fingerprint density at radius 3 is 2.43 bits per heavy atom. The maximum atomic E-state index is 15.1. The molecule has 0 aliphatic carbocycles. The van der Waals surface area contributed by atoms with Gasteiger partial charge in [0, 0.05) is 12.2 Å². The van der Waals surface area contributed by atoms with E-state index in [2.05, 4.69) is 13.2 Å². The highest BCUT2D eigenvalue weighted by Gasteiger charge is 2.81. The van der Waals surface area contributed by atoms with Crippen LogP contribution in [0.4, 0.5) is 5.69 Å². The zero-order valence-electron chi connectivity index (χ0n) is 26.2. The second-order valence-corrected chi connectivity index (χ2v) is 12.6. The lowest BCUT2D eigenvalue weighted by molar-refractivity contribution is -0.162. The second kappa shape index (κ2) is 12.3. The van der Waals surface area contributed by atoms with Gasteiger partial charge in [0.15, 0.2) is 0 Å². The normalized spacial score (nSPS) is 29.3. The topological polar surface area (TPSA) is 96.4 Å². The minimum Gasteiger partial charge on any atom is -0.465 e. The Bertz CT molecular complexity index is 1420. The SMILES string of the molecule is C=CCCCOC(=O)[C@H]1[C@H]2C(=O)N([C@H](CO)c3ccccc3)C(C(=O)N(CC=C)c3c(C)cccc3C)C23CC(C)[C@]1(C)O3. The maximum Gasteiger partial charge on any atom is 0.312 e. The van der Waals surface area contributed by atoms with Crippen molar-refractivity contribution in [3.8, 4) is 0 Å². The van der Waals surface area contributed by atoms with Crippen molar-refractivity contribution in [2.45, 2.75) is 70.2 Å². The molecule has 7 atom stereocenters. The minimum atomic E-state index is -1.29. The Balaban J connectivity index is 1.67. The molecule has 3 aliphatic rings. The number of carbonyl (C=O) groups is 3. The average Bonchev–Trinajstić information content (AvgIpc) is 3.52. The van der Waals surface area contributed by atoms with Crippen molar-refractivity contribution < 1.29 is 29.0 Å². The number of aryl methyl sites for hydroxylation is 2. The highest BCUT2D eigenvalue weighted by Crippen LogP contribution is 2.66. The number of benzene rings is 2. The van der Waals surface area contributed by atoms with Crippen LogP contribution in [0.2, 0.25) is 0 Å². The van der Waals surface area contributed by atoms with Gasteiger partial charge in [-0.15, -0.1) is 13.2 Å². The van der Waals surface area contributed by atoms with E-state index in [4.69, 9.17) is 9.47 Å². The third kappa shape index (κ3) is 4.88. The lowest BCUT2D eigenvalue weighted by atomic mass is 9.62. The number of aliphatic hydroxyl groups is 1. The van der Waals surface area contributed by atoms with Gasteiger partial charge >= 0.3 is 5.97 Å². The molecule has 3 fully saturated rings. The van der Waals surface area contributed by atoms with Gasteiger partial charge in [0.2, 0.25) is 5.91 Å². The Labute approximate surface area is 260 Å². The predicted octanol–water partition coefficient (Wildman–Crippen LogP) is 5.08. The molecule has 3 heterocycles. The van der Waals surface area contributed by atoms with Gasteiger partial charge in [-0.1, -0.05) is 67.6 Å². The molecule has 0 saturated carbocycles. The summed E-state index contributed by atoms with van der Waals surface area (Å²) in [4.78, 5) is 46.9. The summed E-state index contributed by atoms with van der Waals surface area (Å²) in [7, 11) is 0. The molecule has 0 aromatic heterocycles. The first-order valence-corrected chi connectivity index (χ1v) is 15.5. The lowest BCUT2D eigenvalue weighted by Gasteiger charge is -2.40. The first-order valence-electron chi connectivity index (χ1n) is 15.5. The fraction of sp³-hybridized carbons (Fsp3) is 0.472. The number of hydrogen-bond donors (Lipinski definition) is 1. The summed E-state index contributed by atoms with van der Waals surface area (Å²) in [5, 5.41) is 10.8. The van der Waals surface area contributed by atoms with Crippen LogP contribution < -0.4 is 4.90 Å². The number of likely N-dealkylation sites (tertiary alicyclic amines) is 1. The first-order chi connectivity index (χ1) is 21.1. The van der Waals surface area contributed by atoms with Gasteiger partial charge in [-0.3, -0.25) is 14.4 Å². The van der Waals surface area contributed by atoms with Crippen molar-refractivity contribution in [1.29, 1.82) is 0 Å². The molecule has 2 aromatic carbocycles. The summed E-state index contributed by atoms with van der Waals surface area (Å²) in [5.74, 6) is -3.17. The largest absolute Gasteiger partial charge is 0.465 e. The van der Waals surface area contributed by atoms with E-state index in [0.717, 1.165) is 16.8 Å². The number of amides is 2. The van der Waals surface area contributed by atoms with Crippen LogP contribution in [0.25, 0.3) is 0 Å². The molecule has 2 amide bonds. The predicted molar refractivity (Wildman–Crippen MR) is 169 cm³/mol. The molecule has 1 spiro atoms. The number of esters is 1. The monoisotopic (exact) mass is 600 g/mol. The number of carbonyl (C=O) groups excluding carboxylic acids is 3. The molecule has 2 aromatic rings. The quantitative estimate of drug-likeness (QED) is 0.208. The van der Waals surface area contributed by atoms with Crippen LogP contribution in [0.15, 0.2) is 73.8 Å². The number of hydrogen-bond acceptors (Lipinski definition) is 6. The van der Waals surface area contributed by atoms with Crippen molar-refractivity contribution in [2.24, 2.45) is 17.8 Å². The van der Waals surface area contributed by atoms with Gasteiger partial charge in [0.05, 0.1) is 30.8 Å². The van der Waals surface area contributed by atoms with Crippen LogP contribution in [-0.4, -0.2) is 64.8 Å². The molecular formula is C36H44N2O6. The standard InChI is InChI=1S/C36H44N2O6/c1-7-9-13-20-43-34(42)29-28-32(40)38(27(22-39)26-17-11-10-12-18-26)31(36(28)21-25(5)35(29,6)44-36)33(41)37(19-8-2)30-23(3)15-14-16-24(30)4/h7-8,10-12,14-18,25,27-29,31,39H,1-2,9,13,19-22H2,3-6H3/t25?,27-,28+,29-,31?,35+,36?/m1/s1. The number of nitrogens with zero attached hydrogens (tertiary/aromatic N) is 2. The number of rotatable bonds is 12. The van der Waals surface area contributed by atoms with E-state index in [9.17, 15) is 14.7 Å². The van der Waals surface area contributed by atoms with Gasteiger partial charge in [-0.05, 0) is 62.6 Å². The third-order valence-electron chi connectivity index (χ3n) is 10.0. The molecule has 44 heavy (non-hydrogen) atoms. The Morgan fingerprint density at radius 1 is 1.14 bits per heavy atom. The molecule has 5 rings (SSSR count). The van der Waals surface area contributed by atoms with Crippen molar-refractivity contribution in [2.75, 3.05) is 24.7 Å². The molecule has 234 valence electrons. The Morgan fingerprint density at radius 2 is 1.82 bits per heavy atom. The van der Waals surface area contributed by atoms with Crippen LogP contribution in [0.1, 0.15) is 55.8 Å². The number of ether oxygens (including phenoxy) is 2. The minimum absolute atomic E-state index is 0.134. The summed E-state index contributed by atoms with van der Waals surface area (Å²) in [6, 6.07) is 13.1. The van der Waals surface area contributed by atoms with Crippen molar-refractivity contribution in [3.05, 3.63) is 90.5 Å².